The lowest BCUT2D eigenvalue weighted by Gasteiger charge is -2.36. The van der Waals surface area contributed by atoms with E-state index in [1.807, 2.05) is 0 Å². The number of benzene rings is 5. The molecule has 9 rings (SSSR count). The third-order valence-electron chi connectivity index (χ3n) is 10.1. The zero-order valence-electron chi connectivity index (χ0n) is 21.7. The summed E-state index contributed by atoms with van der Waals surface area (Å²) in [6, 6.07) is 41.0. The van der Waals surface area contributed by atoms with Crippen molar-refractivity contribution in [3.63, 3.8) is 0 Å². The van der Waals surface area contributed by atoms with Gasteiger partial charge in [0.15, 0.2) is 0 Å². The fourth-order valence-corrected chi connectivity index (χ4v) is 9.04. The number of hydrogen-bond donors (Lipinski definition) is 0. The van der Waals surface area contributed by atoms with Crippen molar-refractivity contribution in [3.05, 3.63) is 125 Å². The monoisotopic (exact) mass is 565 g/mol. The number of fused-ring (bicyclic) bond motifs is 11. The number of hydrogen-bond acceptors (Lipinski definition) is 0. The molecule has 1 heterocycles. The Kier molecular flexibility index (Phi) is 4.53. The Balaban J connectivity index is 1.33. The van der Waals surface area contributed by atoms with Crippen LogP contribution in [0.1, 0.15) is 36.8 Å². The fraction of sp³-hybridized carbons (Fsp3) is 0.189. The summed E-state index contributed by atoms with van der Waals surface area (Å²) < 4.78 is 3.52. The van der Waals surface area contributed by atoms with Crippen molar-refractivity contribution >= 4 is 37.7 Å². The van der Waals surface area contributed by atoms with Crippen LogP contribution >= 0.6 is 15.9 Å². The van der Waals surface area contributed by atoms with E-state index >= 15 is 0 Å². The molecule has 2 heteroatoms. The molecule has 1 nitrogen and oxygen atoms in total. The van der Waals surface area contributed by atoms with Crippen molar-refractivity contribution in [2.75, 3.05) is 0 Å². The van der Waals surface area contributed by atoms with Crippen LogP contribution in [-0.2, 0) is 5.41 Å². The van der Waals surface area contributed by atoms with Crippen LogP contribution in [0.3, 0.4) is 0 Å². The Morgan fingerprint density at radius 3 is 2.23 bits per heavy atom. The second kappa shape index (κ2) is 7.96. The van der Waals surface area contributed by atoms with Gasteiger partial charge in [-0.25, -0.2) is 0 Å². The highest BCUT2D eigenvalue weighted by molar-refractivity contribution is 9.10. The summed E-state index contributed by atoms with van der Waals surface area (Å²) in [6.07, 6.45) is 5.51. The summed E-state index contributed by atoms with van der Waals surface area (Å²) in [5.74, 6) is 1.66. The number of halogens is 1. The molecule has 3 aliphatic rings. The molecule has 3 unspecified atom stereocenters. The molecule has 2 saturated carbocycles. The highest BCUT2D eigenvalue weighted by Gasteiger charge is 2.56. The van der Waals surface area contributed by atoms with Crippen molar-refractivity contribution in [3.8, 4) is 27.9 Å². The number of rotatable bonds is 2. The van der Waals surface area contributed by atoms with Gasteiger partial charge in [-0.3, -0.25) is 0 Å². The molecule has 188 valence electrons. The Morgan fingerprint density at radius 2 is 1.41 bits per heavy atom. The number of aromatic nitrogens is 1. The molecule has 0 amide bonds. The van der Waals surface area contributed by atoms with E-state index in [4.69, 9.17) is 0 Å². The van der Waals surface area contributed by atoms with Gasteiger partial charge in [0, 0.05) is 26.3 Å². The SMILES string of the molecule is Brc1ccc2c3ccc(-c4cccc5c4-c4ccccc4C54CC5CCC4C5)cc3n(-c3ccccc3)c2c1. The van der Waals surface area contributed by atoms with Crippen molar-refractivity contribution in [2.24, 2.45) is 11.8 Å². The molecule has 5 aromatic carbocycles. The van der Waals surface area contributed by atoms with E-state index in [0.717, 1.165) is 16.3 Å². The second-order valence-corrected chi connectivity index (χ2v) is 12.8. The zero-order chi connectivity index (χ0) is 25.7. The maximum absolute atomic E-state index is 3.73. The average molecular weight is 567 g/mol. The van der Waals surface area contributed by atoms with Crippen LogP contribution in [0, 0.1) is 11.8 Å². The van der Waals surface area contributed by atoms with Crippen LogP contribution in [-0.4, -0.2) is 4.57 Å². The Morgan fingerprint density at radius 1 is 0.667 bits per heavy atom. The van der Waals surface area contributed by atoms with Gasteiger partial charge < -0.3 is 4.57 Å². The Bertz CT molecular complexity index is 1950. The maximum atomic E-state index is 3.73. The van der Waals surface area contributed by atoms with Crippen LogP contribution < -0.4 is 0 Å². The van der Waals surface area contributed by atoms with Crippen LogP contribution in [0.2, 0.25) is 0 Å². The second-order valence-electron chi connectivity index (χ2n) is 11.9. The largest absolute Gasteiger partial charge is 0.309 e. The minimum Gasteiger partial charge on any atom is -0.309 e. The van der Waals surface area contributed by atoms with E-state index in [1.165, 1.54) is 75.4 Å². The summed E-state index contributed by atoms with van der Waals surface area (Å²) in [4.78, 5) is 0. The molecule has 0 N–H and O–H groups in total. The van der Waals surface area contributed by atoms with E-state index < -0.39 is 0 Å². The number of para-hydroxylation sites is 1. The summed E-state index contributed by atoms with van der Waals surface area (Å²) >= 11 is 3.73. The van der Waals surface area contributed by atoms with Gasteiger partial charge in [-0.15, -0.1) is 0 Å². The van der Waals surface area contributed by atoms with Crippen molar-refractivity contribution in [1.29, 1.82) is 0 Å². The first kappa shape index (κ1) is 22.2. The van der Waals surface area contributed by atoms with Crippen LogP contribution in [0.25, 0.3) is 49.7 Å². The van der Waals surface area contributed by atoms with Gasteiger partial charge in [-0.05, 0) is 94.8 Å². The third-order valence-corrected chi connectivity index (χ3v) is 10.6. The number of nitrogens with zero attached hydrogens (tertiary/aromatic N) is 1. The molecule has 3 atom stereocenters. The predicted molar refractivity (Wildman–Crippen MR) is 166 cm³/mol. The molecule has 0 aliphatic heterocycles. The normalized spacial score (nSPS) is 22.7. The molecule has 2 fully saturated rings. The van der Waals surface area contributed by atoms with Crippen molar-refractivity contribution in [2.45, 2.75) is 31.1 Å². The van der Waals surface area contributed by atoms with Gasteiger partial charge in [0.25, 0.3) is 0 Å². The van der Waals surface area contributed by atoms with Crippen LogP contribution in [0.5, 0.6) is 0 Å². The molecular formula is C37H28BrN. The quantitative estimate of drug-likeness (QED) is 0.197. The fourth-order valence-electron chi connectivity index (χ4n) is 8.69. The van der Waals surface area contributed by atoms with Crippen LogP contribution in [0.4, 0.5) is 0 Å². The van der Waals surface area contributed by atoms with E-state index in [2.05, 4.69) is 130 Å². The predicted octanol–water partition coefficient (Wildman–Crippen LogP) is 10.3. The lowest BCUT2D eigenvalue weighted by atomic mass is 9.66. The molecule has 39 heavy (non-hydrogen) atoms. The molecule has 0 saturated heterocycles. The minimum atomic E-state index is 0.208. The molecule has 1 spiro atoms. The molecule has 1 aromatic heterocycles. The van der Waals surface area contributed by atoms with Gasteiger partial charge in [-0.1, -0.05) is 101 Å². The third kappa shape index (κ3) is 2.91. The van der Waals surface area contributed by atoms with Gasteiger partial charge in [0.2, 0.25) is 0 Å². The van der Waals surface area contributed by atoms with Crippen molar-refractivity contribution < 1.29 is 0 Å². The molecule has 3 aliphatic carbocycles. The molecular weight excluding hydrogens is 538 g/mol. The summed E-state index contributed by atoms with van der Waals surface area (Å²) in [6.45, 7) is 0. The van der Waals surface area contributed by atoms with Gasteiger partial charge >= 0.3 is 0 Å². The lowest BCUT2D eigenvalue weighted by molar-refractivity contribution is 0.327. The van der Waals surface area contributed by atoms with E-state index in [9.17, 15) is 0 Å². The van der Waals surface area contributed by atoms with E-state index in [1.54, 1.807) is 11.1 Å². The molecule has 2 bridgehead atoms. The van der Waals surface area contributed by atoms with E-state index in [0.29, 0.717) is 0 Å². The first-order chi connectivity index (χ1) is 19.2. The maximum Gasteiger partial charge on any atom is 0.0552 e. The topological polar surface area (TPSA) is 4.93 Å². The molecule has 0 radical (unpaired) electrons. The Labute approximate surface area is 237 Å². The summed E-state index contributed by atoms with van der Waals surface area (Å²) in [5.41, 5.74) is 12.7. The minimum absolute atomic E-state index is 0.208. The average Bonchev–Trinajstić information content (AvgIpc) is 3.74. The standard InChI is InChI=1S/C37H28BrN/c38-26-16-18-30-29-17-14-24(20-34(29)39(35(30)21-26)27-7-2-1-3-8-27)28-10-6-12-33-36(28)31-9-4-5-11-32(31)37(33)22-23-13-15-25(37)19-23/h1-12,14,16-18,20-21,23,25H,13,15,19,22H2. The Hall–Kier alpha value is -3.62. The highest BCUT2D eigenvalue weighted by Crippen LogP contribution is 2.66. The van der Waals surface area contributed by atoms with E-state index in [-0.39, 0.29) is 5.41 Å². The van der Waals surface area contributed by atoms with Gasteiger partial charge in [0.1, 0.15) is 0 Å². The van der Waals surface area contributed by atoms with Crippen molar-refractivity contribution in [1.82, 2.24) is 4.57 Å². The highest BCUT2D eigenvalue weighted by atomic mass is 79.9. The van der Waals surface area contributed by atoms with Crippen LogP contribution in [0.15, 0.2) is 114 Å². The summed E-state index contributed by atoms with van der Waals surface area (Å²) in [7, 11) is 0. The lowest BCUT2D eigenvalue weighted by Crippen LogP contribution is -2.31. The van der Waals surface area contributed by atoms with Gasteiger partial charge in [0.05, 0.1) is 11.0 Å². The smallest absolute Gasteiger partial charge is 0.0552 e. The molecule has 6 aromatic rings. The summed E-state index contributed by atoms with van der Waals surface area (Å²) in [5, 5.41) is 2.58. The zero-order valence-corrected chi connectivity index (χ0v) is 23.3. The first-order valence-corrected chi connectivity index (χ1v) is 15.0. The van der Waals surface area contributed by atoms with Gasteiger partial charge in [-0.2, -0.15) is 0 Å². The first-order valence-electron chi connectivity index (χ1n) is 14.3.